The molecule has 0 fully saturated rings. The van der Waals surface area contributed by atoms with E-state index >= 15 is 0 Å². The Morgan fingerprint density at radius 3 is 2.55 bits per heavy atom. The number of aliphatic hydroxyl groups is 1. The molecule has 0 spiro atoms. The summed E-state index contributed by atoms with van der Waals surface area (Å²) in [5.74, 6) is -1.07. The van der Waals surface area contributed by atoms with Crippen molar-refractivity contribution < 1.29 is 24.5 Å². The molecule has 0 radical (unpaired) electrons. The number of carboxylic acids is 1. The molecule has 1 aromatic rings. The molecule has 0 bridgehead atoms. The van der Waals surface area contributed by atoms with E-state index in [4.69, 9.17) is 9.84 Å². The number of amides is 1. The van der Waals surface area contributed by atoms with Gasteiger partial charge in [0.25, 0.3) is 0 Å². The first-order chi connectivity index (χ1) is 9.19. The van der Waals surface area contributed by atoms with Gasteiger partial charge in [0.1, 0.15) is 5.60 Å². The second-order valence-corrected chi connectivity index (χ2v) is 5.33. The minimum atomic E-state index is -1.07. The fourth-order valence-electron chi connectivity index (χ4n) is 1.49. The maximum Gasteiger partial charge on any atom is 0.407 e. The highest BCUT2D eigenvalue weighted by molar-refractivity contribution is 5.87. The Labute approximate surface area is 117 Å². The van der Waals surface area contributed by atoms with Crippen LogP contribution in [0.3, 0.4) is 0 Å². The van der Waals surface area contributed by atoms with Gasteiger partial charge in [-0.1, -0.05) is 12.1 Å². The predicted molar refractivity (Wildman–Crippen MR) is 72.6 cm³/mol. The Hall–Kier alpha value is -2.08. The van der Waals surface area contributed by atoms with Crippen molar-refractivity contribution in [2.75, 3.05) is 6.54 Å². The first kappa shape index (κ1) is 16.0. The van der Waals surface area contributed by atoms with Crippen LogP contribution in [-0.4, -0.2) is 34.4 Å². The number of carboxylic acid groups (broad SMARTS) is 1. The molecule has 0 aliphatic rings. The van der Waals surface area contributed by atoms with Crippen LogP contribution in [0.5, 0.6) is 0 Å². The number of hydrogen-bond acceptors (Lipinski definition) is 4. The lowest BCUT2D eigenvalue weighted by Crippen LogP contribution is -2.34. The van der Waals surface area contributed by atoms with E-state index in [1.165, 1.54) is 18.2 Å². The normalized spacial score (nSPS) is 12.6. The van der Waals surface area contributed by atoms with E-state index in [9.17, 15) is 14.7 Å². The molecule has 0 heterocycles. The van der Waals surface area contributed by atoms with Crippen LogP contribution in [0.2, 0.25) is 0 Å². The summed E-state index contributed by atoms with van der Waals surface area (Å²) < 4.78 is 5.03. The third-order valence-corrected chi connectivity index (χ3v) is 2.36. The number of alkyl carbamates (subject to hydrolysis) is 1. The highest BCUT2D eigenvalue weighted by Gasteiger charge is 2.17. The van der Waals surface area contributed by atoms with Gasteiger partial charge in [-0.3, -0.25) is 0 Å². The Kier molecular flexibility index (Phi) is 5.10. The fraction of sp³-hybridized carbons (Fsp3) is 0.429. The second kappa shape index (κ2) is 6.38. The molecule has 20 heavy (non-hydrogen) atoms. The van der Waals surface area contributed by atoms with Crippen LogP contribution in [0.4, 0.5) is 4.79 Å². The van der Waals surface area contributed by atoms with E-state index in [1.54, 1.807) is 26.8 Å². The van der Waals surface area contributed by atoms with Crippen LogP contribution in [0.1, 0.15) is 42.8 Å². The van der Waals surface area contributed by atoms with Gasteiger partial charge in [0, 0.05) is 0 Å². The number of hydrogen-bond donors (Lipinski definition) is 3. The van der Waals surface area contributed by atoms with Crippen LogP contribution in [-0.2, 0) is 4.74 Å². The van der Waals surface area contributed by atoms with E-state index in [2.05, 4.69) is 5.32 Å². The summed E-state index contributed by atoms with van der Waals surface area (Å²) in [5, 5.41) is 21.2. The maximum atomic E-state index is 11.4. The van der Waals surface area contributed by atoms with Crippen molar-refractivity contribution in [2.45, 2.75) is 32.5 Å². The van der Waals surface area contributed by atoms with E-state index in [0.717, 1.165) is 0 Å². The van der Waals surface area contributed by atoms with Crippen molar-refractivity contribution in [2.24, 2.45) is 0 Å². The van der Waals surface area contributed by atoms with Gasteiger partial charge in [0.2, 0.25) is 0 Å². The number of carbonyl (C=O) groups excluding carboxylic acids is 1. The fourth-order valence-corrected chi connectivity index (χ4v) is 1.49. The van der Waals surface area contributed by atoms with Crippen LogP contribution < -0.4 is 5.32 Å². The van der Waals surface area contributed by atoms with Crippen LogP contribution in [0.25, 0.3) is 0 Å². The van der Waals surface area contributed by atoms with E-state index < -0.39 is 23.8 Å². The third kappa shape index (κ3) is 5.27. The summed E-state index contributed by atoms with van der Waals surface area (Å²) in [4.78, 5) is 22.3. The van der Waals surface area contributed by atoms with Crippen molar-refractivity contribution in [1.82, 2.24) is 5.32 Å². The molecule has 6 heteroatoms. The topological polar surface area (TPSA) is 95.9 Å². The summed E-state index contributed by atoms with van der Waals surface area (Å²) >= 11 is 0. The minimum Gasteiger partial charge on any atom is -0.478 e. The van der Waals surface area contributed by atoms with E-state index in [1.807, 2.05) is 0 Å². The Morgan fingerprint density at radius 2 is 2.00 bits per heavy atom. The average Bonchev–Trinajstić information content (AvgIpc) is 2.34. The van der Waals surface area contributed by atoms with Crippen LogP contribution >= 0.6 is 0 Å². The lowest BCUT2D eigenvalue weighted by Gasteiger charge is -2.20. The summed E-state index contributed by atoms with van der Waals surface area (Å²) in [6, 6.07) is 5.92. The largest absolute Gasteiger partial charge is 0.478 e. The zero-order valence-electron chi connectivity index (χ0n) is 11.7. The molecule has 0 saturated carbocycles. The summed E-state index contributed by atoms with van der Waals surface area (Å²) in [6.07, 6.45) is -1.63. The zero-order chi connectivity index (χ0) is 15.3. The number of ether oxygens (including phenoxy) is 1. The zero-order valence-corrected chi connectivity index (χ0v) is 11.7. The molecule has 0 aliphatic carbocycles. The third-order valence-electron chi connectivity index (χ3n) is 2.36. The van der Waals surface area contributed by atoms with Gasteiger partial charge in [0.15, 0.2) is 0 Å². The second-order valence-electron chi connectivity index (χ2n) is 5.33. The van der Waals surface area contributed by atoms with Crippen molar-refractivity contribution >= 4 is 12.1 Å². The molecule has 1 aromatic carbocycles. The van der Waals surface area contributed by atoms with Gasteiger partial charge in [-0.2, -0.15) is 0 Å². The molecular formula is C14H19NO5. The molecule has 0 saturated heterocycles. The highest BCUT2D eigenvalue weighted by atomic mass is 16.6. The smallest absolute Gasteiger partial charge is 0.407 e. The van der Waals surface area contributed by atoms with E-state index in [-0.39, 0.29) is 12.1 Å². The monoisotopic (exact) mass is 281 g/mol. The number of aromatic carboxylic acids is 1. The quantitative estimate of drug-likeness (QED) is 0.783. The molecule has 110 valence electrons. The van der Waals surface area contributed by atoms with Crippen molar-refractivity contribution in [3.8, 4) is 0 Å². The molecule has 1 atom stereocenters. The van der Waals surface area contributed by atoms with Gasteiger partial charge >= 0.3 is 12.1 Å². The van der Waals surface area contributed by atoms with Crippen molar-refractivity contribution in [3.63, 3.8) is 0 Å². The molecule has 0 aromatic heterocycles. The van der Waals surface area contributed by atoms with Gasteiger partial charge in [0.05, 0.1) is 18.2 Å². The van der Waals surface area contributed by atoms with Crippen molar-refractivity contribution in [3.05, 3.63) is 35.4 Å². The first-order valence-electron chi connectivity index (χ1n) is 6.17. The molecular weight excluding hydrogens is 262 g/mol. The van der Waals surface area contributed by atoms with Gasteiger partial charge in [-0.05, 0) is 38.5 Å². The lowest BCUT2D eigenvalue weighted by molar-refractivity contribution is 0.0490. The molecule has 3 N–H and O–H groups in total. The lowest BCUT2D eigenvalue weighted by atomic mass is 10.1. The minimum absolute atomic E-state index is 0.0576. The molecule has 0 aliphatic heterocycles. The molecule has 6 nitrogen and oxygen atoms in total. The van der Waals surface area contributed by atoms with Crippen LogP contribution in [0.15, 0.2) is 24.3 Å². The molecule has 1 rings (SSSR count). The SMILES string of the molecule is CC(C)(C)OC(=O)NC[C@@H](O)c1cccc(C(=O)O)c1. The maximum absolute atomic E-state index is 11.4. The Balaban J connectivity index is 2.59. The summed E-state index contributed by atoms with van der Waals surface area (Å²) in [5.41, 5.74) is -0.113. The standard InChI is InChI=1S/C14H19NO5/c1-14(2,3)20-13(19)15-8-11(16)9-5-4-6-10(7-9)12(17)18/h4-7,11,16H,8H2,1-3H3,(H,15,19)(H,17,18)/t11-/m1/s1. The van der Waals surface area contributed by atoms with Crippen molar-refractivity contribution in [1.29, 1.82) is 0 Å². The summed E-state index contributed by atoms with van der Waals surface area (Å²) in [7, 11) is 0. The number of carbonyl (C=O) groups is 2. The number of rotatable bonds is 4. The van der Waals surface area contributed by atoms with Gasteiger partial charge < -0.3 is 20.3 Å². The predicted octanol–water partition coefficient (Wildman–Crippen LogP) is 1.94. The Bertz CT molecular complexity index is 493. The van der Waals surface area contributed by atoms with Gasteiger partial charge in [-0.25, -0.2) is 9.59 Å². The van der Waals surface area contributed by atoms with E-state index in [0.29, 0.717) is 5.56 Å². The molecule has 1 amide bonds. The van der Waals surface area contributed by atoms with Crippen LogP contribution in [0, 0.1) is 0 Å². The number of aliphatic hydroxyl groups excluding tert-OH is 1. The number of benzene rings is 1. The van der Waals surface area contributed by atoms with Gasteiger partial charge in [-0.15, -0.1) is 0 Å². The Morgan fingerprint density at radius 1 is 1.35 bits per heavy atom. The average molecular weight is 281 g/mol. The summed E-state index contributed by atoms with van der Waals surface area (Å²) in [6.45, 7) is 5.15. The highest BCUT2D eigenvalue weighted by Crippen LogP contribution is 2.14. The molecule has 0 unspecified atom stereocenters. The first-order valence-corrected chi connectivity index (χ1v) is 6.17. The number of nitrogens with one attached hydrogen (secondary N) is 1.